The highest BCUT2D eigenvalue weighted by molar-refractivity contribution is 6.05. The van der Waals surface area contributed by atoms with Gasteiger partial charge in [-0.2, -0.15) is 15.6 Å². The summed E-state index contributed by atoms with van der Waals surface area (Å²) in [5, 5.41) is 27.4. The fourth-order valence-electron chi connectivity index (χ4n) is 1.65. The topological polar surface area (TPSA) is 115 Å². The first-order valence-electron chi connectivity index (χ1n) is 5.53. The third-order valence-corrected chi connectivity index (χ3v) is 2.59. The molecular weight excluding hydrogens is 258 g/mol. The molecule has 2 rings (SSSR count). The lowest BCUT2D eigenvalue weighted by Gasteiger charge is -2.01. The van der Waals surface area contributed by atoms with E-state index in [0.717, 1.165) is 0 Å². The largest absolute Gasteiger partial charge is 0.464 e. The third kappa shape index (κ3) is 2.28. The van der Waals surface area contributed by atoms with E-state index in [2.05, 4.69) is 20.3 Å². The number of hydrogen-bond donors (Lipinski definition) is 2. The molecular formula is C13H9N5O2. The summed E-state index contributed by atoms with van der Waals surface area (Å²) in [6.45, 7) is 0. The predicted octanol–water partition coefficient (Wildman–Crippen LogP) is 1.69. The summed E-state index contributed by atoms with van der Waals surface area (Å²) in [4.78, 5) is 11.5. The number of nitriles is 2. The van der Waals surface area contributed by atoms with Crippen molar-refractivity contribution in [2.45, 2.75) is 0 Å². The molecule has 0 aliphatic carbocycles. The van der Waals surface area contributed by atoms with Crippen LogP contribution in [-0.4, -0.2) is 23.3 Å². The molecule has 0 aliphatic heterocycles. The van der Waals surface area contributed by atoms with Gasteiger partial charge in [0, 0.05) is 11.6 Å². The quantitative estimate of drug-likeness (QED) is 0.646. The summed E-state index contributed by atoms with van der Waals surface area (Å²) in [7, 11) is 1.28. The number of carbonyl (C=O) groups is 1. The van der Waals surface area contributed by atoms with Crippen LogP contribution in [0.1, 0.15) is 10.5 Å². The van der Waals surface area contributed by atoms with Gasteiger partial charge >= 0.3 is 5.97 Å². The number of fused-ring (bicyclic) bond motifs is 1. The first-order valence-corrected chi connectivity index (χ1v) is 5.53. The van der Waals surface area contributed by atoms with E-state index in [-0.39, 0.29) is 11.3 Å². The second-order valence-electron chi connectivity index (χ2n) is 3.72. The van der Waals surface area contributed by atoms with Crippen LogP contribution >= 0.6 is 0 Å². The van der Waals surface area contributed by atoms with Crippen LogP contribution in [0.3, 0.4) is 0 Å². The summed E-state index contributed by atoms with van der Waals surface area (Å²) < 4.78 is 4.65. The van der Waals surface area contributed by atoms with E-state index in [1.165, 1.54) is 13.3 Å². The molecule has 0 fully saturated rings. The zero-order chi connectivity index (χ0) is 14.5. The second-order valence-corrected chi connectivity index (χ2v) is 3.72. The molecule has 7 heteroatoms. The number of ether oxygens (including phenoxy) is 1. The lowest BCUT2D eigenvalue weighted by atomic mass is 10.2. The van der Waals surface area contributed by atoms with Crippen LogP contribution < -0.4 is 5.32 Å². The van der Waals surface area contributed by atoms with Crippen molar-refractivity contribution in [3.63, 3.8) is 0 Å². The zero-order valence-electron chi connectivity index (χ0n) is 10.5. The molecule has 0 saturated heterocycles. The molecule has 0 unspecified atom stereocenters. The number of carbonyl (C=O) groups excluding carboxylic acids is 1. The molecule has 2 N–H and O–H groups in total. The Bertz CT molecular complexity index is 760. The van der Waals surface area contributed by atoms with E-state index in [1.54, 1.807) is 30.3 Å². The van der Waals surface area contributed by atoms with Gasteiger partial charge in [-0.15, -0.1) is 0 Å². The molecule has 98 valence electrons. The lowest BCUT2D eigenvalue weighted by molar-refractivity contribution is 0.0596. The smallest absolute Gasteiger partial charge is 0.356 e. The van der Waals surface area contributed by atoms with Crippen LogP contribution in [-0.2, 0) is 4.74 Å². The molecule has 1 aromatic heterocycles. The van der Waals surface area contributed by atoms with Crippen LogP contribution in [0.25, 0.3) is 10.9 Å². The Hall–Kier alpha value is -3.32. The molecule has 0 saturated carbocycles. The molecule has 2 aromatic rings. The number of anilines is 1. The van der Waals surface area contributed by atoms with Crippen LogP contribution in [0, 0.1) is 22.7 Å². The lowest BCUT2D eigenvalue weighted by Crippen LogP contribution is -2.01. The van der Waals surface area contributed by atoms with Crippen molar-refractivity contribution in [2.75, 3.05) is 12.4 Å². The summed E-state index contributed by atoms with van der Waals surface area (Å²) in [6, 6.07) is 8.63. The van der Waals surface area contributed by atoms with Gasteiger partial charge in [-0.1, -0.05) is 12.1 Å². The van der Waals surface area contributed by atoms with Crippen molar-refractivity contribution in [3.8, 4) is 12.1 Å². The van der Waals surface area contributed by atoms with Gasteiger partial charge in [0.25, 0.3) is 0 Å². The number of allylic oxidation sites excluding steroid dienone is 1. The first-order chi connectivity index (χ1) is 9.71. The van der Waals surface area contributed by atoms with Gasteiger partial charge in [-0.05, 0) is 6.07 Å². The molecule has 20 heavy (non-hydrogen) atoms. The molecule has 0 amide bonds. The van der Waals surface area contributed by atoms with Crippen LogP contribution in [0.4, 0.5) is 5.69 Å². The Morgan fingerprint density at radius 2 is 2.20 bits per heavy atom. The standard InChI is InChI=1S/C13H9N5O2/c1-20-13(19)12-9-3-2-4-10(11(9)17-18-12)16-7-8(5-14)6-15/h2-4,7,16H,1H3,(H,17,18). The minimum absolute atomic E-state index is 0.0641. The average molecular weight is 267 g/mol. The molecule has 0 radical (unpaired) electrons. The predicted molar refractivity (Wildman–Crippen MR) is 70.4 cm³/mol. The minimum atomic E-state index is -0.519. The molecule has 1 aromatic carbocycles. The summed E-state index contributed by atoms with van der Waals surface area (Å²) in [5.74, 6) is -0.519. The van der Waals surface area contributed by atoms with Crippen LogP contribution in [0.2, 0.25) is 0 Å². The number of benzene rings is 1. The maximum atomic E-state index is 11.5. The van der Waals surface area contributed by atoms with Crippen molar-refractivity contribution >= 4 is 22.6 Å². The summed E-state index contributed by atoms with van der Waals surface area (Å²) >= 11 is 0. The molecule has 0 atom stereocenters. The molecule has 7 nitrogen and oxygen atoms in total. The van der Waals surface area contributed by atoms with E-state index < -0.39 is 5.97 Å². The Morgan fingerprint density at radius 3 is 2.85 bits per heavy atom. The number of methoxy groups -OCH3 is 1. The highest BCUT2D eigenvalue weighted by Gasteiger charge is 2.15. The number of H-pyrrole nitrogens is 1. The number of esters is 1. The number of hydrogen-bond acceptors (Lipinski definition) is 6. The second kappa shape index (κ2) is 5.55. The third-order valence-electron chi connectivity index (χ3n) is 2.59. The minimum Gasteiger partial charge on any atom is -0.464 e. The first kappa shape index (κ1) is 13.1. The number of para-hydroxylation sites is 1. The molecule has 0 spiro atoms. The normalized spacial score (nSPS) is 9.35. The fraction of sp³-hybridized carbons (Fsp3) is 0.0769. The van der Waals surface area contributed by atoms with Gasteiger partial charge in [0.2, 0.25) is 0 Å². The number of nitrogens with one attached hydrogen (secondary N) is 2. The van der Waals surface area contributed by atoms with Crippen LogP contribution in [0.5, 0.6) is 0 Å². The number of aromatic nitrogens is 2. The van der Waals surface area contributed by atoms with Gasteiger partial charge in [0.1, 0.15) is 23.2 Å². The van der Waals surface area contributed by atoms with Gasteiger partial charge in [-0.25, -0.2) is 4.79 Å². The van der Waals surface area contributed by atoms with Gasteiger partial charge in [0.15, 0.2) is 5.69 Å². The average Bonchev–Trinajstić information content (AvgIpc) is 2.92. The van der Waals surface area contributed by atoms with Gasteiger partial charge in [0.05, 0.1) is 12.8 Å². The van der Waals surface area contributed by atoms with E-state index in [0.29, 0.717) is 16.6 Å². The van der Waals surface area contributed by atoms with Crippen molar-refractivity contribution in [1.29, 1.82) is 10.5 Å². The highest BCUT2D eigenvalue weighted by Crippen LogP contribution is 2.24. The van der Waals surface area contributed by atoms with Crippen molar-refractivity contribution in [2.24, 2.45) is 0 Å². The summed E-state index contributed by atoms with van der Waals surface area (Å²) in [6.07, 6.45) is 1.28. The zero-order valence-corrected chi connectivity index (χ0v) is 10.5. The summed E-state index contributed by atoms with van der Waals surface area (Å²) in [5.41, 5.74) is 1.26. The molecule has 1 heterocycles. The van der Waals surface area contributed by atoms with E-state index in [1.807, 2.05) is 0 Å². The van der Waals surface area contributed by atoms with Gasteiger partial charge in [-0.3, -0.25) is 5.10 Å². The number of rotatable bonds is 3. The van der Waals surface area contributed by atoms with Crippen molar-refractivity contribution < 1.29 is 9.53 Å². The SMILES string of the molecule is COC(=O)c1[nH]nc2c(NC=C(C#N)C#N)cccc12. The Balaban J connectivity index is 2.45. The number of aromatic amines is 1. The Labute approximate surface area is 114 Å². The van der Waals surface area contributed by atoms with E-state index in [4.69, 9.17) is 10.5 Å². The van der Waals surface area contributed by atoms with Crippen molar-refractivity contribution in [3.05, 3.63) is 35.7 Å². The van der Waals surface area contributed by atoms with Crippen molar-refractivity contribution in [1.82, 2.24) is 10.2 Å². The Kier molecular flexibility index (Phi) is 3.64. The van der Waals surface area contributed by atoms with Gasteiger partial charge < -0.3 is 10.1 Å². The maximum absolute atomic E-state index is 11.5. The Morgan fingerprint density at radius 1 is 1.45 bits per heavy atom. The number of nitrogens with zero attached hydrogens (tertiary/aromatic N) is 3. The molecule has 0 bridgehead atoms. The highest BCUT2D eigenvalue weighted by atomic mass is 16.5. The maximum Gasteiger partial charge on any atom is 0.356 e. The van der Waals surface area contributed by atoms with Crippen LogP contribution in [0.15, 0.2) is 30.0 Å². The van der Waals surface area contributed by atoms with E-state index >= 15 is 0 Å². The monoisotopic (exact) mass is 267 g/mol. The van der Waals surface area contributed by atoms with E-state index in [9.17, 15) is 4.79 Å². The fourth-order valence-corrected chi connectivity index (χ4v) is 1.65. The molecule has 0 aliphatic rings.